The average molecular weight is 600 g/mol. The molecule has 0 saturated carbocycles. The fraction of sp³-hybridized carbons (Fsp3) is 0.560. The van der Waals surface area contributed by atoms with Crippen LogP contribution in [0.2, 0.25) is 0 Å². The molecule has 1 aromatic rings. The van der Waals surface area contributed by atoms with E-state index < -0.39 is 61.4 Å². The molecule has 1 rings (SSSR count). The predicted octanol–water partition coefficient (Wildman–Crippen LogP) is -8.70. The minimum absolute atomic E-state index is 0. The van der Waals surface area contributed by atoms with E-state index in [2.05, 4.69) is 0 Å². The van der Waals surface area contributed by atoms with Gasteiger partial charge in [-0.05, 0) is 37.6 Å². The van der Waals surface area contributed by atoms with Gasteiger partial charge in [-0.2, -0.15) is 0 Å². The molecule has 41 heavy (non-hydrogen) atoms. The summed E-state index contributed by atoms with van der Waals surface area (Å²) in [5, 5.41) is 51.0. The molecule has 0 radical (unpaired) electrons. The van der Waals surface area contributed by atoms with Crippen molar-refractivity contribution in [2.75, 3.05) is 59.0 Å². The molecule has 0 aliphatic rings. The second-order valence-electron chi connectivity index (χ2n) is 8.84. The van der Waals surface area contributed by atoms with Crippen LogP contribution in [0.3, 0.4) is 0 Å². The van der Waals surface area contributed by atoms with Crippen LogP contribution >= 0.6 is 0 Å². The third-order valence-corrected chi connectivity index (χ3v) is 5.92. The number of carboxylic acid groups (broad SMARTS) is 5. The van der Waals surface area contributed by atoms with E-state index in [0.717, 1.165) is 4.90 Å². The Morgan fingerprint density at radius 2 is 1.37 bits per heavy atom. The van der Waals surface area contributed by atoms with Crippen LogP contribution in [0.25, 0.3) is 0 Å². The summed E-state index contributed by atoms with van der Waals surface area (Å²) in [6, 6.07) is 5.91. The Kier molecular flexibility index (Phi) is 22.1. The van der Waals surface area contributed by atoms with Gasteiger partial charge >= 0.3 is 77.0 Å². The first-order valence-corrected chi connectivity index (χ1v) is 12.3. The van der Waals surface area contributed by atoms with Crippen molar-refractivity contribution in [1.82, 2.24) is 14.7 Å². The van der Waals surface area contributed by atoms with Gasteiger partial charge in [-0.1, -0.05) is 19.1 Å². The number of benzene rings is 1. The summed E-state index contributed by atoms with van der Waals surface area (Å²) in [4.78, 5) is 61.5. The van der Waals surface area contributed by atoms with E-state index in [4.69, 9.17) is 9.84 Å². The molecule has 2 atom stereocenters. The molecule has 2 unspecified atom stereocenters. The first-order chi connectivity index (χ1) is 18.4. The van der Waals surface area contributed by atoms with E-state index in [1.165, 1.54) is 4.90 Å². The zero-order valence-electron chi connectivity index (χ0n) is 24.0. The van der Waals surface area contributed by atoms with E-state index in [1.807, 2.05) is 6.92 Å². The maximum atomic E-state index is 11.6. The Labute approximate surface area is 282 Å². The van der Waals surface area contributed by atoms with Gasteiger partial charge in [0.1, 0.15) is 11.7 Å². The van der Waals surface area contributed by atoms with Gasteiger partial charge in [-0.25, -0.2) is 0 Å². The number of carbonyl (C=O) groups is 5. The summed E-state index contributed by atoms with van der Waals surface area (Å²) in [6.07, 6.45) is 0.0990. The van der Waals surface area contributed by atoms with Crippen molar-refractivity contribution in [1.29, 1.82) is 0 Å². The normalized spacial score (nSPS) is 12.2. The molecule has 0 amide bonds. The largest absolute Gasteiger partial charge is 1.00 e. The number of carboxylic acids is 5. The summed E-state index contributed by atoms with van der Waals surface area (Å²) >= 11 is 0. The average Bonchev–Trinajstić information content (AvgIpc) is 2.83. The van der Waals surface area contributed by atoms with Crippen molar-refractivity contribution in [3.63, 3.8) is 0 Å². The van der Waals surface area contributed by atoms with Crippen molar-refractivity contribution in [2.24, 2.45) is 5.92 Å². The number of carbonyl (C=O) groups excluding carboxylic acids is 2. The Morgan fingerprint density at radius 1 is 0.829 bits per heavy atom. The van der Waals surface area contributed by atoms with Gasteiger partial charge < -0.3 is 39.9 Å². The van der Waals surface area contributed by atoms with E-state index >= 15 is 0 Å². The van der Waals surface area contributed by atoms with Crippen LogP contribution in [0.15, 0.2) is 24.3 Å². The fourth-order valence-corrected chi connectivity index (χ4v) is 4.01. The van der Waals surface area contributed by atoms with Crippen LogP contribution in [0.5, 0.6) is 5.75 Å². The molecule has 16 heteroatoms. The number of rotatable bonds is 21. The van der Waals surface area contributed by atoms with E-state index in [-0.39, 0.29) is 91.7 Å². The molecular formula is C25H35N3Na2O11. The third-order valence-electron chi connectivity index (χ3n) is 5.92. The third kappa shape index (κ3) is 17.1. The second-order valence-corrected chi connectivity index (χ2v) is 8.84. The summed E-state index contributed by atoms with van der Waals surface area (Å²) in [7, 11) is 0. The SMILES string of the molecule is CCOc1ccc(CC(CN(CCN(CC)CC(=O)O)CC(=O)O)N(CC(=O)[O-])CC(C(=O)[O-])C(=O)O)cc1.[Na+].[Na+]. The van der Waals surface area contributed by atoms with E-state index in [1.54, 1.807) is 36.1 Å². The molecule has 3 N–H and O–H groups in total. The fourth-order valence-electron chi connectivity index (χ4n) is 4.01. The number of hydrogen-bond acceptors (Lipinski definition) is 11. The molecule has 0 fully saturated rings. The van der Waals surface area contributed by atoms with E-state index in [0.29, 0.717) is 24.5 Å². The quantitative estimate of drug-likeness (QED) is 0.0885. The standard InChI is InChI=1S/C25H37N3O11.2Na/c1-3-26(14-21(29)30)9-10-27(15-22(31)32)12-18(11-17-5-7-19(8-6-17)39-4-2)28(16-23(33)34)13-20(24(35)36)25(37)38;;/h5-8,18,20H,3-4,9-16H2,1-2H3,(H,29,30)(H,31,32)(H,33,34)(H,35,36)(H,37,38);;/q;2*+1/p-2. The zero-order chi connectivity index (χ0) is 29.5. The summed E-state index contributed by atoms with van der Waals surface area (Å²) in [6.45, 7) is 2.25. The number of aliphatic carboxylic acids is 5. The molecule has 0 bridgehead atoms. The van der Waals surface area contributed by atoms with Gasteiger partial charge in [-0.3, -0.25) is 29.1 Å². The van der Waals surface area contributed by atoms with Crippen LogP contribution in [-0.4, -0.2) is 125 Å². The minimum atomic E-state index is -2.05. The topological polar surface area (TPSA) is 211 Å². The monoisotopic (exact) mass is 599 g/mol. The van der Waals surface area contributed by atoms with Gasteiger partial charge in [0.05, 0.1) is 31.6 Å². The van der Waals surface area contributed by atoms with Gasteiger partial charge in [0.15, 0.2) is 0 Å². The summed E-state index contributed by atoms with van der Waals surface area (Å²) in [5.74, 6) is -8.92. The Hall–Kier alpha value is -1.75. The Bertz CT molecular complexity index is 968. The molecule has 0 aromatic heterocycles. The smallest absolute Gasteiger partial charge is 0.549 e. The number of nitrogens with zero attached hydrogens (tertiary/aromatic N) is 3. The second kappa shape index (κ2) is 21.9. The number of ether oxygens (including phenoxy) is 1. The molecule has 1 aromatic carbocycles. The Morgan fingerprint density at radius 3 is 1.80 bits per heavy atom. The summed E-state index contributed by atoms with van der Waals surface area (Å²) < 4.78 is 5.42. The molecule has 0 spiro atoms. The maximum absolute atomic E-state index is 11.6. The van der Waals surface area contributed by atoms with Crippen LogP contribution in [0.4, 0.5) is 0 Å². The van der Waals surface area contributed by atoms with Crippen molar-refractivity contribution in [2.45, 2.75) is 26.3 Å². The van der Waals surface area contributed by atoms with Crippen molar-refractivity contribution >= 4 is 29.8 Å². The minimum Gasteiger partial charge on any atom is -0.549 e. The van der Waals surface area contributed by atoms with Crippen molar-refractivity contribution in [3.05, 3.63) is 29.8 Å². The van der Waals surface area contributed by atoms with Gasteiger partial charge in [0, 0.05) is 38.8 Å². The number of likely N-dealkylation sites (N-methyl/N-ethyl adjacent to an activating group) is 1. The van der Waals surface area contributed by atoms with Gasteiger partial charge in [-0.15, -0.1) is 0 Å². The Balaban J connectivity index is 0. The van der Waals surface area contributed by atoms with Gasteiger partial charge in [0.25, 0.3) is 0 Å². The predicted molar refractivity (Wildman–Crippen MR) is 132 cm³/mol. The van der Waals surface area contributed by atoms with Gasteiger partial charge in [0.2, 0.25) is 0 Å². The van der Waals surface area contributed by atoms with Crippen LogP contribution in [0, 0.1) is 5.92 Å². The van der Waals surface area contributed by atoms with Crippen LogP contribution in [0.1, 0.15) is 19.4 Å². The molecule has 0 aliphatic heterocycles. The molecule has 218 valence electrons. The van der Waals surface area contributed by atoms with Crippen LogP contribution < -0.4 is 74.1 Å². The number of hydrogen-bond donors (Lipinski definition) is 3. The first-order valence-electron chi connectivity index (χ1n) is 12.3. The molecule has 0 heterocycles. The molecule has 14 nitrogen and oxygen atoms in total. The molecule has 0 aliphatic carbocycles. The maximum Gasteiger partial charge on any atom is 1.00 e. The zero-order valence-corrected chi connectivity index (χ0v) is 28.0. The molecule has 0 saturated heterocycles. The summed E-state index contributed by atoms with van der Waals surface area (Å²) in [5.41, 5.74) is 0.670. The first kappa shape index (κ1) is 41.4. The van der Waals surface area contributed by atoms with Crippen molar-refractivity contribution < 1.29 is 113 Å². The van der Waals surface area contributed by atoms with E-state index in [9.17, 15) is 44.4 Å². The molecular weight excluding hydrogens is 564 g/mol. The van der Waals surface area contributed by atoms with Crippen molar-refractivity contribution in [3.8, 4) is 5.75 Å². The van der Waals surface area contributed by atoms with Crippen LogP contribution in [-0.2, 0) is 30.4 Å².